The second-order valence-electron chi connectivity index (χ2n) is 6.38. The number of carbonyl (C=O) groups is 1. The average molecular weight is 395 g/mol. The van der Waals surface area contributed by atoms with E-state index in [4.69, 9.17) is 0 Å². The number of hydrogen-bond donors (Lipinski definition) is 2. The van der Waals surface area contributed by atoms with Crippen LogP contribution >= 0.6 is 0 Å². The van der Waals surface area contributed by atoms with Gasteiger partial charge in [-0.2, -0.15) is 0 Å². The summed E-state index contributed by atoms with van der Waals surface area (Å²) in [6.45, 7) is 2.47. The van der Waals surface area contributed by atoms with Gasteiger partial charge in [-0.15, -0.1) is 0 Å². The number of aromatic nitrogens is 1. The summed E-state index contributed by atoms with van der Waals surface area (Å²) in [5.41, 5.74) is 3.11. The zero-order chi connectivity index (χ0) is 20.0. The first kappa shape index (κ1) is 19.7. The largest absolute Gasteiger partial charge is 0.348 e. The maximum absolute atomic E-state index is 12.6. The fourth-order valence-electron chi connectivity index (χ4n) is 2.56. The van der Waals surface area contributed by atoms with Crippen molar-refractivity contribution < 1.29 is 13.2 Å². The molecular formula is C21H21N3O3S. The zero-order valence-corrected chi connectivity index (χ0v) is 16.2. The van der Waals surface area contributed by atoms with Gasteiger partial charge in [0.15, 0.2) is 0 Å². The van der Waals surface area contributed by atoms with Crippen LogP contribution in [0.25, 0.3) is 0 Å². The zero-order valence-electron chi connectivity index (χ0n) is 15.4. The normalized spacial score (nSPS) is 11.2. The van der Waals surface area contributed by atoms with E-state index in [9.17, 15) is 13.2 Å². The standard InChI is InChI=1S/C21H21N3O3S/c1-16-7-9-17(10-8-16)15-24-28(26,27)20-6-2-5-19(12-20)21(25)23-14-18-4-3-11-22-13-18/h2-13,24H,14-15H2,1H3,(H,23,25). The first-order valence-electron chi connectivity index (χ1n) is 8.76. The van der Waals surface area contributed by atoms with Gasteiger partial charge in [0.2, 0.25) is 10.0 Å². The van der Waals surface area contributed by atoms with Gasteiger partial charge in [-0.05, 0) is 42.3 Å². The van der Waals surface area contributed by atoms with Crippen LogP contribution in [-0.2, 0) is 23.1 Å². The Hall–Kier alpha value is -3.03. The van der Waals surface area contributed by atoms with Crippen LogP contribution < -0.4 is 10.0 Å². The molecule has 0 aliphatic rings. The summed E-state index contributed by atoms with van der Waals surface area (Å²) < 4.78 is 27.7. The van der Waals surface area contributed by atoms with Gasteiger partial charge in [0.25, 0.3) is 5.91 Å². The van der Waals surface area contributed by atoms with Crippen molar-refractivity contribution >= 4 is 15.9 Å². The average Bonchev–Trinajstić information content (AvgIpc) is 2.72. The molecule has 0 fully saturated rings. The number of nitrogens with one attached hydrogen (secondary N) is 2. The predicted molar refractivity (Wildman–Crippen MR) is 107 cm³/mol. The lowest BCUT2D eigenvalue weighted by Gasteiger charge is -2.09. The van der Waals surface area contributed by atoms with E-state index < -0.39 is 10.0 Å². The van der Waals surface area contributed by atoms with Crippen molar-refractivity contribution in [1.29, 1.82) is 0 Å². The number of benzene rings is 2. The van der Waals surface area contributed by atoms with E-state index in [1.807, 2.05) is 37.3 Å². The van der Waals surface area contributed by atoms with Gasteiger partial charge in [-0.1, -0.05) is 42.0 Å². The molecule has 0 saturated carbocycles. The molecule has 1 heterocycles. The summed E-state index contributed by atoms with van der Waals surface area (Å²) >= 11 is 0. The lowest BCUT2D eigenvalue weighted by molar-refractivity contribution is 0.0950. The van der Waals surface area contributed by atoms with Crippen molar-refractivity contribution in [2.75, 3.05) is 0 Å². The highest BCUT2D eigenvalue weighted by atomic mass is 32.2. The van der Waals surface area contributed by atoms with Crippen LogP contribution in [-0.4, -0.2) is 19.3 Å². The van der Waals surface area contributed by atoms with Crippen molar-refractivity contribution in [3.8, 4) is 0 Å². The molecule has 1 amide bonds. The van der Waals surface area contributed by atoms with E-state index in [2.05, 4.69) is 15.0 Å². The molecule has 0 aliphatic heterocycles. The van der Waals surface area contributed by atoms with Gasteiger partial charge < -0.3 is 5.32 Å². The second-order valence-corrected chi connectivity index (χ2v) is 8.15. The Bertz CT molecular complexity index is 1050. The molecule has 0 atom stereocenters. The minimum atomic E-state index is -3.73. The summed E-state index contributed by atoms with van der Waals surface area (Å²) in [5.74, 6) is -0.348. The van der Waals surface area contributed by atoms with E-state index >= 15 is 0 Å². The highest BCUT2D eigenvalue weighted by Gasteiger charge is 2.16. The molecule has 0 aliphatic carbocycles. The third-order valence-electron chi connectivity index (χ3n) is 4.17. The van der Waals surface area contributed by atoms with E-state index in [1.54, 1.807) is 30.6 Å². The third-order valence-corrected chi connectivity index (χ3v) is 5.57. The van der Waals surface area contributed by atoms with Crippen LogP contribution in [0.2, 0.25) is 0 Å². The maximum Gasteiger partial charge on any atom is 0.251 e. The molecule has 3 rings (SSSR count). The topological polar surface area (TPSA) is 88.2 Å². The quantitative estimate of drug-likeness (QED) is 0.644. The summed E-state index contributed by atoms with van der Waals surface area (Å²) in [4.78, 5) is 16.4. The van der Waals surface area contributed by atoms with Crippen LogP contribution in [0.1, 0.15) is 27.0 Å². The fourth-order valence-corrected chi connectivity index (χ4v) is 3.62. The summed E-state index contributed by atoms with van der Waals surface area (Å²) in [5, 5.41) is 2.76. The Morgan fingerprint density at radius 1 is 0.964 bits per heavy atom. The SMILES string of the molecule is Cc1ccc(CNS(=O)(=O)c2cccc(C(=O)NCc3cccnc3)c2)cc1. The molecule has 0 unspecified atom stereocenters. The van der Waals surface area contributed by atoms with E-state index in [1.165, 1.54) is 12.1 Å². The first-order chi connectivity index (χ1) is 13.4. The predicted octanol–water partition coefficient (Wildman–Crippen LogP) is 2.80. The molecule has 28 heavy (non-hydrogen) atoms. The molecule has 0 radical (unpaired) electrons. The number of nitrogens with zero attached hydrogens (tertiary/aromatic N) is 1. The summed E-state index contributed by atoms with van der Waals surface area (Å²) in [6.07, 6.45) is 3.32. The minimum Gasteiger partial charge on any atom is -0.348 e. The number of aryl methyl sites for hydroxylation is 1. The molecule has 3 aromatic rings. The monoisotopic (exact) mass is 395 g/mol. The van der Waals surface area contributed by atoms with Crippen LogP contribution in [0.15, 0.2) is 78.0 Å². The van der Waals surface area contributed by atoms with Crippen molar-refractivity contribution in [3.63, 3.8) is 0 Å². The maximum atomic E-state index is 12.6. The van der Waals surface area contributed by atoms with Crippen LogP contribution in [0.5, 0.6) is 0 Å². The third kappa shape index (κ3) is 5.25. The number of sulfonamides is 1. The van der Waals surface area contributed by atoms with Gasteiger partial charge >= 0.3 is 0 Å². The van der Waals surface area contributed by atoms with Crippen LogP contribution in [0, 0.1) is 6.92 Å². The van der Waals surface area contributed by atoms with Crippen molar-refractivity contribution in [2.24, 2.45) is 0 Å². The van der Waals surface area contributed by atoms with Gasteiger partial charge in [-0.3, -0.25) is 9.78 Å². The summed E-state index contributed by atoms with van der Waals surface area (Å²) in [7, 11) is -3.73. The Morgan fingerprint density at radius 3 is 2.46 bits per heavy atom. The Morgan fingerprint density at radius 2 is 1.75 bits per heavy atom. The molecule has 0 spiro atoms. The van der Waals surface area contributed by atoms with E-state index in [0.29, 0.717) is 6.54 Å². The van der Waals surface area contributed by atoms with Crippen LogP contribution in [0.4, 0.5) is 0 Å². The first-order valence-corrected chi connectivity index (χ1v) is 10.2. The lowest BCUT2D eigenvalue weighted by Crippen LogP contribution is -2.25. The Kier molecular flexibility index (Phi) is 6.18. The van der Waals surface area contributed by atoms with Gasteiger partial charge in [0, 0.05) is 31.0 Å². The molecule has 0 bridgehead atoms. The number of pyridine rings is 1. The number of carbonyl (C=O) groups excluding carboxylic acids is 1. The second kappa shape index (κ2) is 8.77. The van der Waals surface area contributed by atoms with E-state index in [-0.39, 0.29) is 22.9 Å². The van der Waals surface area contributed by atoms with Crippen LogP contribution in [0.3, 0.4) is 0 Å². The number of hydrogen-bond acceptors (Lipinski definition) is 4. The minimum absolute atomic E-state index is 0.0497. The summed E-state index contributed by atoms with van der Waals surface area (Å²) in [6, 6.07) is 17.2. The van der Waals surface area contributed by atoms with Crippen molar-refractivity contribution in [1.82, 2.24) is 15.0 Å². The van der Waals surface area contributed by atoms with Gasteiger partial charge in [-0.25, -0.2) is 13.1 Å². The van der Waals surface area contributed by atoms with E-state index in [0.717, 1.165) is 16.7 Å². The fraction of sp³-hybridized carbons (Fsp3) is 0.143. The molecule has 6 nitrogen and oxygen atoms in total. The molecule has 7 heteroatoms. The molecule has 144 valence electrons. The van der Waals surface area contributed by atoms with Crippen molar-refractivity contribution in [3.05, 3.63) is 95.3 Å². The Balaban J connectivity index is 1.67. The van der Waals surface area contributed by atoms with Crippen molar-refractivity contribution in [2.45, 2.75) is 24.9 Å². The van der Waals surface area contributed by atoms with Gasteiger partial charge in [0.1, 0.15) is 0 Å². The van der Waals surface area contributed by atoms with Gasteiger partial charge in [0.05, 0.1) is 4.90 Å². The smallest absolute Gasteiger partial charge is 0.251 e. The highest BCUT2D eigenvalue weighted by molar-refractivity contribution is 7.89. The number of amides is 1. The molecular weight excluding hydrogens is 374 g/mol. The molecule has 2 N–H and O–H groups in total. The molecule has 2 aromatic carbocycles. The Labute approximate surface area is 164 Å². The lowest BCUT2D eigenvalue weighted by atomic mass is 10.2. The molecule has 1 aromatic heterocycles. The number of rotatable bonds is 7. The highest BCUT2D eigenvalue weighted by Crippen LogP contribution is 2.13. The molecule has 0 saturated heterocycles.